The quantitative estimate of drug-likeness (QED) is 0.373. The Kier molecular flexibility index (Phi) is 7.88. The number of hydrogen-bond donors (Lipinski definition) is 0. The molecule has 0 saturated carbocycles. The van der Waals surface area contributed by atoms with Crippen molar-refractivity contribution in [2.75, 3.05) is 7.11 Å². The molecule has 0 N–H and O–H groups in total. The highest BCUT2D eigenvalue weighted by Crippen LogP contribution is 2.23. The van der Waals surface area contributed by atoms with Crippen LogP contribution in [0.25, 0.3) is 6.08 Å². The van der Waals surface area contributed by atoms with Crippen LogP contribution in [0.3, 0.4) is 0 Å². The molecule has 0 radical (unpaired) electrons. The van der Waals surface area contributed by atoms with Gasteiger partial charge in [0.2, 0.25) is 0 Å². The molecule has 0 heterocycles. The molecule has 3 aromatic carbocycles. The highest BCUT2D eigenvalue weighted by Gasteiger charge is 2.21. The minimum Gasteiger partial charge on any atom is -0.497 e. The van der Waals surface area contributed by atoms with Gasteiger partial charge < -0.3 is 14.2 Å². The van der Waals surface area contributed by atoms with Gasteiger partial charge in [0.15, 0.2) is 0 Å². The molecule has 31 heavy (non-hydrogen) atoms. The zero-order chi connectivity index (χ0) is 22.1. The van der Waals surface area contributed by atoms with E-state index in [4.69, 9.17) is 14.2 Å². The van der Waals surface area contributed by atoms with Gasteiger partial charge in [-0.05, 0) is 53.4 Å². The second-order valence-electron chi connectivity index (χ2n) is 7.57. The molecular weight excluding hydrogens is 388 g/mol. The van der Waals surface area contributed by atoms with Crippen molar-refractivity contribution in [1.82, 2.24) is 0 Å². The summed E-state index contributed by atoms with van der Waals surface area (Å²) >= 11 is 0. The fraction of sp³-hybridized carbons (Fsp3) is 0.222. The van der Waals surface area contributed by atoms with Crippen molar-refractivity contribution < 1.29 is 19.0 Å². The van der Waals surface area contributed by atoms with E-state index < -0.39 is 0 Å². The maximum absolute atomic E-state index is 12.7. The lowest BCUT2D eigenvalue weighted by molar-refractivity contribution is -0.149. The summed E-state index contributed by atoms with van der Waals surface area (Å²) in [6, 6.07) is 24.9. The summed E-state index contributed by atoms with van der Waals surface area (Å²) in [5, 5.41) is 0. The van der Waals surface area contributed by atoms with E-state index in [1.807, 2.05) is 105 Å². The van der Waals surface area contributed by atoms with Crippen molar-refractivity contribution in [3.8, 4) is 17.2 Å². The predicted octanol–water partition coefficient (Wildman–Crippen LogP) is 6.52. The monoisotopic (exact) mass is 416 g/mol. The van der Waals surface area contributed by atoms with Gasteiger partial charge >= 0.3 is 5.97 Å². The van der Waals surface area contributed by atoms with E-state index in [9.17, 15) is 4.79 Å². The van der Waals surface area contributed by atoms with Crippen molar-refractivity contribution in [3.05, 3.63) is 96.1 Å². The lowest BCUT2D eigenvalue weighted by Gasteiger charge is -2.16. The van der Waals surface area contributed by atoms with Crippen LogP contribution >= 0.6 is 0 Å². The van der Waals surface area contributed by atoms with Crippen LogP contribution < -0.4 is 9.47 Å². The summed E-state index contributed by atoms with van der Waals surface area (Å²) in [5.74, 6) is 1.82. The fourth-order valence-electron chi connectivity index (χ4n) is 3.08. The third kappa shape index (κ3) is 6.75. The van der Waals surface area contributed by atoms with Crippen molar-refractivity contribution in [1.29, 1.82) is 0 Å². The van der Waals surface area contributed by atoms with Gasteiger partial charge in [0.25, 0.3) is 0 Å². The first-order valence-corrected chi connectivity index (χ1v) is 10.4. The molecule has 160 valence electrons. The number of ether oxygens (including phenoxy) is 3. The van der Waals surface area contributed by atoms with Gasteiger partial charge in [-0.15, -0.1) is 0 Å². The first-order chi connectivity index (χ1) is 15.0. The van der Waals surface area contributed by atoms with E-state index in [1.54, 1.807) is 7.11 Å². The van der Waals surface area contributed by atoms with Crippen LogP contribution in [0, 0.1) is 11.8 Å². The molecule has 0 aliphatic heterocycles. The molecule has 0 amide bonds. The van der Waals surface area contributed by atoms with Crippen LogP contribution in [0.5, 0.6) is 17.2 Å². The summed E-state index contributed by atoms with van der Waals surface area (Å²) in [4.78, 5) is 12.7. The second kappa shape index (κ2) is 11.0. The van der Waals surface area contributed by atoms with Crippen LogP contribution in [-0.4, -0.2) is 13.1 Å². The molecule has 3 rings (SSSR count). The molecule has 0 fully saturated rings. The Labute approximate surface area is 184 Å². The molecule has 3 aromatic rings. The standard InChI is InChI=1S/C27H28O4/c1-20(2)26(17-14-21-12-15-23(29-3)16-13-21)27(28)30-19-22-8-7-11-25(18-22)31-24-9-5-4-6-10-24/h4-18,20,26H,19H2,1-3H3/b17-14+. The number of rotatable bonds is 9. The number of carbonyl (C=O) groups excluding carboxylic acids is 1. The van der Waals surface area contributed by atoms with E-state index in [1.165, 1.54) is 0 Å². The summed E-state index contributed by atoms with van der Waals surface area (Å²) in [7, 11) is 1.64. The van der Waals surface area contributed by atoms with E-state index in [2.05, 4.69) is 0 Å². The lowest BCUT2D eigenvalue weighted by atomic mass is 9.95. The molecule has 0 aliphatic carbocycles. The first-order valence-electron chi connectivity index (χ1n) is 10.4. The molecule has 1 atom stereocenters. The zero-order valence-corrected chi connectivity index (χ0v) is 18.2. The topological polar surface area (TPSA) is 44.8 Å². The van der Waals surface area contributed by atoms with Gasteiger partial charge in [0, 0.05) is 0 Å². The summed E-state index contributed by atoms with van der Waals surface area (Å²) in [5.41, 5.74) is 1.88. The average molecular weight is 417 g/mol. The minimum atomic E-state index is -0.328. The highest BCUT2D eigenvalue weighted by atomic mass is 16.5. The van der Waals surface area contributed by atoms with Crippen molar-refractivity contribution in [2.24, 2.45) is 11.8 Å². The Morgan fingerprint density at radius 3 is 2.26 bits per heavy atom. The van der Waals surface area contributed by atoms with Crippen LogP contribution in [-0.2, 0) is 16.1 Å². The number of hydrogen-bond acceptors (Lipinski definition) is 4. The number of para-hydroxylation sites is 1. The van der Waals surface area contributed by atoms with E-state index in [0.717, 1.165) is 22.6 Å². The highest BCUT2D eigenvalue weighted by molar-refractivity contribution is 5.76. The summed E-state index contributed by atoms with van der Waals surface area (Å²) in [6.45, 7) is 4.22. The normalized spacial score (nSPS) is 12.0. The maximum atomic E-state index is 12.7. The van der Waals surface area contributed by atoms with E-state index in [-0.39, 0.29) is 24.4 Å². The molecule has 4 heteroatoms. The number of methoxy groups -OCH3 is 1. The molecule has 1 unspecified atom stereocenters. The Bertz CT molecular complexity index is 991. The minimum absolute atomic E-state index is 0.120. The molecule has 0 spiro atoms. The van der Waals surface area contributed by atoms with Crippen LogP contribution in [0.1, 0.15) is 25.0 Å². The third-order valence-corrected chi connectivity index (χ3v) is 4.86. The largest absolute Gasteiger partial charge is 0.497 e. The number of benzene rings is 3. The molecule has 0 saturated heterocycles. The van der Waals surface area contributed by atoms with Crippen molar-refractivity contribution in [2.45, 2.75) is 20.5 Å². The molecule has 0 aliphatic rings. The van der Waals surface area contributed by atoms with Crippen LogP contribution in [0.2, 0.25) is 0 Å². The van der Waals surface area contributed by atoms with Gasteiger partial charge in [0.05, 0.1) is 13.0 Å². The summed E-state index contributed by atoms with van der Waals surface area (Å²) < 4.78 is 16.7. The SMILES string of the molecule is COc1ccc(/C=C/C(C(=O)OCc2cccc(Oc3ccccc3)c2)C(C)C)cc1. The Morgan fingerprint density at radius 1 is 0.871 bits per heavy atom. The maximum Gasteiger partial charge on any atom is 0.313 e. The van der Waals surface area contributed by atoms with Crippen molar-refractivity contribution in [3.63, 3.8) is 0 Å². The third-order valence-electron chi connectivity index (χ3n) is 4.86. The van der Waals surface area contributed by atoms with Gasteiger partial charge in [-0.1, -0.05) is 68.5 Å². The number of carbonyl (C=O) groups is 1. The van der Waals surface area contributed by atoms with Crippen LogP contribution in [0.4, 0.5) is 0 Å². The molecule has 4 nitrogen and oxygen atoms in total. The predicted molar refractivity (Wildman–Crippen MR) is 123 cm³/mol. The average Bonchev–Trinajstić information content (AvgIpc) is 2.79. The fourth-order valence-corrected chi connectivity index (χ4v) is 3.08. The van der Waals surface area contributed by atoms with Crippen molar-refractivity contribution >= 4 is 12.0 Å². The van der Waals surface area contributed by atoms with Gasteiger partial charge in [-0.25, -0.2) is 0 Å². The molecular formula is C27H28O4. The van der Waals surface area contributed by atoms with Gasteiger partial charge in [-0.3, -0.25) is 4.79 Å². The molecule has 0 aromatic heterocycles. The van der Waals surface area contributed by atoms with Gasteiger partial charge in [0.1, 0.15) is 23.9 Å². The Morgan fingerprint density at radius 2 is 1.58 bits per heavy atom. The van der Waals surface area contributed by atoms with E-state index >= 15 is 0 Å². The first kappa shape index (κ1) is 22.2. The number of esters is 1. The smallest absolute Gasteiger partial charge is 0.313 e. The second-order valence-corrected chi connectivity index (χ2v) is 7.57. The Hall–Kier alpha value is -3.53. The molecule has 0 bridgehead atoms. The lowest BCUT2D eigenvalue weighted by Crippen LogP contribution is -2.20. The van der Waals surface area contributed by atoms with E-state index in [0.29, 0.717) is 5.75 Å². The van der Waals surface area contributed by atoms with Gasteiger partial charge in [-0.2, -0.15) is 0 Å². The summed E-state index contributed by atoms with van der Waals surface area (Å²) in [6.07, 6.45) is 3.85. The van der Waals surface area contributed by atoms with Crippen LogP contribution in [0.15, 0.2) is 84.9 Å². The zero-order valence-electron chi connectivity index (χ0n) is 18.2. The Balaban J connectivity index is 1.60.